The summed E-state index contributed by atoms with van der Waals surface area (Å²) in [5, 5.41) is 11.4. The number of rotatable bonds is 2. The minimum atomic E-state index is -0.674. The summed E-state index contributed by atoms with van der Waals surface area (Å²) in [7, 11) is 0. The average Bonchev–Trinajstić information content (AvgIpc) is 2.55. The maximum atomic E-state index is 12.4. The van der Waals surface area contributed by atoms with Gasteiger partial charge in [-0.1, -0.05) is 32.1 Å². The van der Waals surface area contributed by atoms with Gasteiger partial charge in [-0.05, 0) is 12.8 Å². The molecule has 1 saturated carbocycles. The van der Waals surface area contributed by atoms with Gasteiger partial charge in [0.1, 0.15) is 5.54 Å². The molecule has 3 amide bonds. The lowest BCUT2D eigenvalue weighted by Gasteiger charge is -2.28. The van der Waals surface area contributed by atoms with Crippen LogP contribution in [0.2, 0.25) is 0 Å². The van der Waals surface area contributed by atoms with Crippen molar-refractivity contribution >= 4 is 11.9 Å². The fourth-order valence-corrected chi connectivity index (χ4v) is 2.89. The monoisotopic (exact) mass is 249 g/mol. The summed E-state index contributed by atoms with van der Waals surface area (Å²) >= 11 is 0. The van der Waals surface area contributed by atoms with Crippen LogP contribution in [0.3, 0.4) is 0 Å². The van der Waals surface area contributed by atoms with E-state index >= 15 is 0 Å². The third-order valence-electron chi connectivity index (χ3n) is 3.90. The second kappa shape index (κ2) is 5.38. The van der Waals surface area contributed by atoms with Gasteiger partial charge >= 0.3 is 6.03 Å². The number of nitrogens with one attached hydrogen (secondary N) is 1. The number of hydrogen-bond acceptors (Lipinski definition) is 3. The van der Waals surface area contributed by atoms with Crippen LogP contribution < -0.4 is 5.32 Å². The molecule has 18 heavy (non-hydrogen) atoms. The summed E-state index contributed by atoms with van der Waals surface area (Å²) in [6, 6.07) is 1.65. The molecule has 5 heteroatoms. The zero-order chi connectivity index (χ0) is 13.0. The van der Waals surface area contributed by atoms with Gasteiger partial charge in [-0.25, -0.2) is 4.79 Å². The van der Waals surface area contributed by atoms with Crippen molar-refractivity contribution in [2.24, 2.45) is 0 Å². The molecular weight excluding hydrogens is 230 g/mol. The lowest BCUT2D eigenvalue weighted by molar-refractivity contribution is -0.132. The number of imide groups is 1. The van der Waals surface area contributed by atoms with E-state index in [1.54, 1.807) is 0 Å². The normalized spacial score (nSPS) is 23.4. The summed E-state index contributed by atoms with van der Waals surface area (Å²) in [5.74, 6) is -0.121. The minimum Gasteiger partial charge on any atom is -0.323 e. The molecular formula is C13H19N3O2. The Hall–Kier alpha value is -1.57. The number of hydrogen-bond donors (Lipinski definition) is 1. The molecule has 5 nitrogen and oxygen atoms in total. The number of nitriles is 1. The van der Waals surface area contributed by atoms with Crippen LogP contribution in [0, 0.1) is 11.3 Å². The lowest BCUT2D eigenvalue weighted by atomic mass is 9.84. The average molecular weight is 249 g/mol. The van der Waals surface area contributed by atoms with Gasteiger partial charge in [-0.3, -0.25) is 9.69 Å². The van der Waals surface area contributed by atoms with Crippen molar-refractivity contribution in [3.63, 3.8) is 0 Å². The zero-order valence-electron chi connectivity index (χ0n) is 10.6. The van der Waals surface area contributed by atoms with Crippen LogP contribution in [0.15, 0.2) is 0 Å². The molecule has 1 heterocycles. The molecule has 0 aromatic heterocycles. The molecule has 2 fully saturated rings. The van der Waals surface area contributed by atoms with Crippen molar-refractivity contribution in [2.45, 2.75) is 56.9 Å². The van der Waals surface area contributed by atoms with E-state index < -0.39 is 5.54 Å². The molecule has 98 valence electrons. The molecule has 2 aliphatic rings. The van der Waals surface area contributed by atoms with E-state index in [4.69, 9.17) is 5.26 Å². The predicted molar refractivity (Wildman–Crippen MR) is 65.5 cm³/mol. The fraction of sp³-hybridized carbons (Fsp3) is 0.769. The van der Waals surface area contributed by atoms with E-state index in [2.05, 4.69) is 5.32 Å². The summed E-state index contributed by atoms with van der Waals surface area (Å²) in [6.45, 7) is 0.211. The summed E-state index contributed by atoms with van der Waals surface area (Å²) in [4.78, 5) is 25.5. The summed E-state index contributed by atoms with van der Waals surface area (Å²) < 4.78 is 0. The van der Waals surface area contributed by atoms with Crippen molar-refractivity contribution in [2.75, 3.05) is 6.54 Å². The molecule has 1 aliphatic heterocycles. The van der Waals surface area contributed by atoms with Crippen molar-refractivity contribution in [1.29, 1.82) is 5.26 Å². The quantitative estimate of drug-likeness (QED) is 0.760. The Morgan fingerprint density at radius 3 is 2.39 bits per heavy atom. The molecule has 0 radical (unpaired) electrons. The van der Waals surface area contributed by atoms with Crippen molar-refractivity contribution in [3.05, 3.63) is 0 Å². The van der Waals surface area contributed by atoms with Crippen molar-refractivity contribution < 1.29 is 9.59 Å². The highest BCUT2D eigenvalue weighted by molar-refractivity contribution is 6.07. The molecule has 1 N–H and O–H groups in total. The first-order valence-electron chi connectivity index (χ1n) is 6.71. The van der Waals surface area contributed by atoms with Gasteiger partial charge in [0.05, 0.1) is 12.5 Å². The van der Waals surface area contributed by atoms with Crippen LogP contribution in [0.1, 0.15) is 51.4 Å². The maximum Gasteiger partial charge on any atom is 0.325 e. The van der Waals surface area contributed by atoms with Crippen LogP contribution in [-0.4, -0.2) is 28.9 Å². The SMILES string of the molecule is N#CCCN1C(=O)NC2(CCCCCCC2)C1=O. The first-order valence-corrected chi connectivity index (χ1v) is 6.71. The lowest BCUT2D eigenvalue weighted by Crippen LogP contribution is -2.47. The van der Waals surface area contributed by atoms with Gasteiger partial charge in [0.2, 0.25) is 0 Å². The number of carbonyl (C=O) groups excluding carboxylic acids is 2. The molecule has 1 spiro atoms. The Morgan fingerprint density at radius 2 is 1.78 bits per heavy atom. The smallest absolute Gasteiger partial charge is 0.323 e. The van der Waals surface area contributed by atoms with E-state index in [9.17, 15) is 9.59 Å². The molecule has 0 aromatic rings. The Labute approximate surface area is 107 Å². The standard InChI is InChI=1S/C13H19N3O2/c14-9-6-10-16-11(17)13(15-12(16)18)7-4-2-1-3-5-8-13/h1-8,10H2,(H,15,18). The maximum absolute atomic E-state index is 12.4. The molecule has 0 atom stereocenters. The largest absolute Gasteiger partial charge is 0.325 e. The van der Waals surface area contributed by atoms with Crippen LogP contribution in [0.5, 0.6) is 0 Å². The Morgan fingerprint density at radius 1 is 1.17 bits per heavy atom. The van der Waals surface area contributed by atoms with Gasteiger partial charge in [0, 0.05) is 6.54 Å². The molecule has 1 aliphatic carbocycles. The van der Waals surface area contributed by atoms with Crippen LogP contribution in [-0.2, 0) is 4.79 Å². The molecule has 0 unspecified atom stereocenters. The highest BCUT2D eigenvalue weighted by Gasteiger charge is 2.49. The van der Waals surface area contributed by atoms with E-state index in [1.165, 1.54) is 11.3 Å². The highest BCUT2D eigenvalue weighted by atomic mass is 16.2. The Kier molecular flexibility index (Phi) is 3.85. The second-order valence-corrected chi connectivity index (χ2v) is 5.14. The number of amides is 3. The number of nitrogens with zero attached hydrogens (tertiary/aromatic N) is 2. The Balaban J connectivity index is 2.11. The predicted octanol–water partition coefficient (Wildman–Crippen LogP) is 1.93. The van der Waals surface area contributed by atoms with Crippen molar-refractivity contribution in [1.82, 2.24) is 10.2 Å². The fourth-order valence-electron chi connectivity index (χ4n) is 2.89. The van der Waals surface area contributed by atoms with Crippen LogP contribution in [0.4, 0.5) is 4.79 Å². The third kappa shape index (κ3) is 2.33. The third-order valence-corrected chi connectivity index (χ3v) is 3.90. The van der Waals surface area contributed by atoms with Gasteiger partial charge < -0.3 is 5.32 Å². The van der Waals surface area contributed by atoms with Gasteiger partial charge in [-0.2, -0.15) is 5.26 Å². The second-order valence-electron chi connectivity index (χ2n) is 5.14. The zero-order valence-corrected chi connectivity index (χ0v) is 10.6. The molecule has 0 aromatic carbocycles. The first kappa shape index (κ1) is 12.9. The molecule has 2 rings (SSSR count). The Bertz CT molecular complexity index is 378. The van der Waals surface area contributed by atoms with Gasteiger partial charge in [-0.15, -0.1) is 0 Å². The number of urea groups is 1. The number of carbonyl (C=O) groups is 2. The minimum absolute atomic E-state index is 0.121. The van der Waals surface area contributed by atoms with Crippen LogP contribution >= 0.6 is 0 Å². The van der Waals surface area contributed by atoms with E-state index in [0.29, 0.717) is 0 Å². The highest BCUT2D eigenvalue weighted by Crippen LogP contribution is 2.31. The van der Waals surface area contributed by atoms with E-state index in [1.807, 2.05) is 6.07 Å². The van der Waals surface area contributed by atoms with Crippen LogP contribution in [0.25, 0.3) is 0 Å². The van der Waals surface area contributed by atoms with Crippen molar-refractivity contribution in [3.8, 4) is 6.07 Å². The summed E-state index contributed by atoms with van der Waals surface area (Å²) in [5.41, 5.74) is -0.674. The van der Waals surface area contributed by atoms with Gasteiger partial charge in [0.25, 0.3) is 5.91 Å². The first-order chi connectivity index (χ1) is 8.69. The van der Waals surface area contributed by atoms with Gasteiger partial charge in [0.15, 0.2) is 0 Å². The topological polar surface area (TPSA) is 73.2 Å². The summed E-state index contributed by atoms with van der Waals surface area (Å²) in [6.07, 6.45) is 7.12. The molecule has 0 bridgehead atoms. The molecule has 1 saturated heterocycles. The van der Waals surface area contributed by atoms with E-state index in [-0.39, 0.29) is 24.9 Å². The van der Waals surface area contributed by atoms with E-state index in [0.717, 1.165) is 38.5 Å².